The molecule has 0 saturated carbocycles. The smallest absolute Gasteiger partial charge is 0.323 e. The minimum atomic E-state index is -0.378. The second-order valence-corrected chi connectivity index (χ2v) is 7.48. The number of aromatic nitrogens is 5. The van der Waals surface area contributed by atoms with Crippen molar-refractivity contribution in [1.29, 1.82) is 0 Å². The minimum absolute atomic E-state index is 0.177. The molecule has 0 radical (unpaired) electrons. The highest BCUT2D eigenvalue weighted by molar-refractivity contribution is 6.00. The highest BCUT2D eigenvalue weighted by Crippen LogP contribution is 2.34. The summed E-state index contributed by atoms with van der Waals surface area (Å²) in [7, 11) is 0. The number of nitrogens with one attached hydrogen (secondary N) is 2. The van der Waals surface area contributed by atoms with Crippen molar-refractivity contribution >= 4 is 23.1 Å². The Kier molecular flexibility index (Phi) is 4.73. The normalized spacial score (nSPS) is 12.0. The molecule has 10 nitrogen and oxygen atoms in total. The van der Waals surface area contributed by atoms with Crippen LogP contribution in [-0.2, 0) is 0 Å². The number of hydrogen-bond acceptors (Lipinski definition) is 7. The molecule has 1 aliphatic rings. The highest BCUT2D eigenvalue weighted by Gasteiger charge is 2.15. The summed E-state index contributed by atoms with van der Waals surface area (Å²) in [5.74, 6) is 1.85. The van der Waals surface area contributed by atoms with Gasteiger partial charge in [0.1, 0.15) is 0 Å². The van der Waals surface area contributed by atoms with Crippen LogP contribution in [0.2, 0.25) is 0 Å². The summed E-state index contributed by atoms with van der Waals surface area (Å²) >= 11 is 0. The van der Waals surface area contributed by atoms with Crippen molar-refractivity contribution in [2.24, 2.45) is 0 Å². The van der Waals surface area contributed by atoms with Gasteiger partial charge < -0.3 is 20.1 Å². The molecule has 0 bridgehead atoms. The SMILES string of the molecule is O=C(Nc1cccc(-c2ccc3nnc(-c4cccnc4)n3n2)c1)Nc1ccc2c(c1)OCO2. The van der Waals surface area contributed by atoms with Crippen LogP contribution in [-0.4, -0.2) is 37.6 Å². The van der Waals surface area contributed by atoms with Crippen LogP contribution in [0.4, 0.5) is 16.2 Å². The van der Waals surface area contributed by atoms with Gasteiger partial charge in [-0.25, -0.2) is 4.79 Å². The quantitative estimate of drug-likeness (QED) is 0.420. The lowest BCUT2D eigenvalue weighted by Crippen LogP contribution is -2.19. The zero-order valence-corrected chi connectivity index (χ0v) is 17.7. The average Bonchev–Trinajstić information content (AvgIpc) is 3.51. The van der Waals surface area contributed by atoms with Gasteiger partial charge in [0, 0.05) is 41.0 Å². The zero-order chi connectivity index (χ0) is 22.9. The summed E-state index contributed by atoms with van der Waals surface area (Å²) in [6.45, 7) is 0.177. The number of benzene rings is 2. The van der Waals surface area contributed by atoms with E-state index in [9.17, 15) is 4.79 Å². The van der Waals surface area contributed by atoms with E-state index in [0.717, 1.165) is 11.1 Å². The molecule has 34 heavy (non-hydrogen) atoms. The van der Waals surface area contributed by atoms with Gasteiger partial charge in [0.2, 0.25) is 6.79 Å². The minimum Gasteiger partial charge on any atom is -0.454 e. The maximum absolute atomic E-state index is 12.5. The second-order valence-electron chi connectivity index (χ2n) is 7.48. The van der Waals surface area contributed by atoms with Crippen LogP contribution in [0.15, 0.2) is 79.1 Å². The number of urea groups is 1. The van der Waals surface area contributed by atoms with E-state index in [-0.39, 0.29) is 12.8 Å². The summed E-state index contributed by atoms with van der Waals surface area (Å²) in [5.41, 5.74) is 4.19. The van der Waals surface area contributed by atoms with Gasteiger partial charge in [0.05, 0.1) is 5.69 Å². The molecule has 0 spiro atoms. The maximum Gasteiger partial charge on any atom is 0.323 e. The van der Waals surface area contributed by atoms with Crippen molar-refractivity contribution in [2.75, 3.05) is 17.4 Å². The molecule has 10 heteroatoms. The van der Waals surface area contributed by atoms with Crippen molar-refractivity contribution in [3.63, 3.8) is 0 Å². The molecule has 166 valence electrons. The maximum atomic E-state index is 12.5. The fourth-order valence-electron chi connectivity index (χ4n) is 3.64. The molecule has 0 fully saturated rings. The predicted molar refractivity (Wildman–Crippen MR) is 125 cm³/mol. The summed E-state index contributed by atoms with van der Waals surface area (Å²) in [6, 6.07) is 19.7. The van der Waals surface area contributed by atoms with Crippen molar-refractivity contribution in [3.05, 3.63) is 79.1 Å². The van der Waals surface area contributed by atoms with Crippen molar-refractivity contribution in [1.82, 2.24) is 24.8 Å². The molecule has 3 aromatic heterocycles. The third-order valence-electron chi connectivity index (χ3n) is 5.23. The Morgan fingerprint density at radius 3 is 2.59 bits per heavy atom. The number of carbonyl (C=O) groups is 1. The number of hydrogen-bond donors (Lipinski definition) is 2. The van der Waals surface area contributed by atoms with E-state index in [0.29, 0.717) is 40.0 Å². The second kappa shape index (κ2) is 8.17. The number of nitrogens with zero attached hydrogens (tertiary/aromatic N) is 5. The van der Waals surface area contributed by atoms with Crippen LogP contribution >= 0.6 is 0 Å². The van der Waals surface area contributed by atoms with Crippen LogP contribution in [0.5, 0.6) is 11.5 Å². The van der Waals surface area contributed by atoms with Crippen molar-refractivity contribution in [3.8, 4) is 34.1 Å². The fraction of sp³-hybridized carbons (Fsp3) is 0.0417. The zero-order valence-electron chi connectivity index (χ0n) is 17.7. The molecule has 2 aromatic carbocycles. The molecule has 4 heterocycles. The lowest BCUT2D eigenvalue weighted by Gasteiger charge is -2.10. The Morgan fingerprint density at radius 1 is 0.853 bits per heavy atom. The van der Waals surface area contributed by atoms with Crippen molar-refractivity contribution < 1.29 is 14.3 Å². The molecular weight excluding hydrogens is 434 g/mol. The molecule has 6 rings (SSSR count). The van der Waals surface area contributed by atoms with Gasteiger partial charge in [-0.2, -0.15) is 9.61 Å². The molecular formula is C24H17N7O3. The standard InChI is InChI=1S/C24H17N7O3/c32-24(27-18-6-8-20-21(12-18)34-14-33-20)26-17-5-1-3-15(11-17)19-7-9-22-28-29-23(31(22)30-19)16-4-2-10-25-13-16/h1-13H,14H2,(H2,26,27,32). The van der Waals surface area contributed by atoms with Gasteiger partial charge in [-0.1, -0.05) is 12.1 Å². The van der Waals surface area contributed by atoms with E-state index in [4.69, 9.17) is 14.6 Å². The largest absolute Gasteiger partial charge is 0.454 e. The number of pyridine rings is 1. The van der Waals surface area contributed by atoms with Crippen LogP contribution in [0, 0.1) is 0 Å². The van der Waals surface area contributed by atoms with Gasteiger partial charge in [-0.05, 0) is 48.5 Å². The first-order valence-corrected chi connectivity index (χ1v) is 10.4. The Labute approximate surface area is 193 Å². The Bertz CT molecular complexity index is 1520. The molecule has 2 N–H and O–H groups in total. The van der Waals surface area contributed by atoms with E-state index in [1.54, 1.807) is 41.2 Å². The Hall–Kier alpha value is -4.99. The highest BCUT2D eigenvalue weighted by atomic mass is 16.7. The number of carbonyl (C=O) groups excluding carboxylic acids is 1. The van der Waals surface area contributed by atoms with Gasteiger partial charge in [0.25, 0.3) is 0 Å². The molecule has 5 aromatic rings. The average molecular weight is 451 g/mol. The first-order valence-electron chi connectivity index (χ1n) is 10.4. The lowest BCUT2D eigenvalue weighted by molar-refractivity contribution is 0.174. The Balaban J connectivity index is 1.24. The molecule has 0 atom stereocenters. The predicted octanol–water partition coefficient (Wildman–Crippen LogP) is 4.23. The molecule has 0 saturated heterocycles. The molecule has 0 unspecified atom stereocenters. The number of amides is 2. The summed E-state index contributed by atoms with van der Waals surface area (Å²) in [5, 5.41) is 18.8. The van der Waals surface area contributed by atoms with Gasteiger partial charge in [-0.15, -0.1) is 10.2 Å². The number of rotatable bonds is 4. The summed E-state index contributed by atoms with van der Waals surface area (Å²) in [4.78, 5) is 16.7. The third kappa shape index (κ3) is 3.73. The number of fused-ring (bicyclic) bond motifs is 2. The van der Waals surface area contributed by atoms with E-state index < -0.39 is 0 Å². The van der Waals surface area contributed by atoms with E-state index >= 15 is 0 Å². The van der Waals surface area contributed by atoms with Crippen LogP contribution < -0.4 is 20.1 Å². The summed E-state index contributed by atoms with van der Waals surface area (Å²) < 4.78 is 12.3. The van der Waals surface area contributed by atoms with Crippen LogP contribution in [0.1, 0.15) is 0 Å². The van der Waals surface area contributed by atoms with E-state index in [1.165, 1.54) is 0 Å². The molecule has 1 aliphatic heterocycles. The van der Waals surface area contributed by atoms with Gasteiger partial charge >= 0.3 is 6.03 Å². The molecule has 2 amide bonds. The lowest BCUT2D eigenvalue weighted by atomic mass is 10.1. The Morgan fingerprint density at radius 2 is 1.71 bits per heavy atom. The molecule has 0 aliphatic carbocycles. The van der Waals surface area contributed by atoms with E-state index in [2.05, 4.69) is 25.8 Å². The van der Waals surface area contributed by atoms with Crippen molar-refractivity contribution in [2.45, 2.75) is 0 Å². The van der Waals surface area contributed by atoms with Crippen LogP contribution in [0.3, 0.4) is 0 Å². The first-order chi connectivity index (χ1) is 16.7. The fourth-order valence-corrected chi connectivity index (χ4v) is 3.64. The monoisotopic (exact) mass is 451 g/mol. The van der Waals surface area contributed by atoms with Gasteiger partial charge in [-0.3, -0.25) is 4.98 Å². The third-order valence-corrected chi connectivity index (χ3v) is 5.23. The van der Waals surface area contributed by atoms with E-state index in [1.807, 2.05) is 42.5 Å². The topological polar surface area (TPSA) is 116 Å². The number of ether oxygens (including phenoxy) is 2. The first kappa shape index (κ1) is 19.7. The summed E-state index contributed by atoms with van der Waals surface area (Å²) in [6.07, 6.45) is 3.42. The van der Waals surface area contributed by atoms with Gasteiger partial charge in [0.15, 0.2) is 23.0 Å². The number of anilines is 2. The van der Waals surface area contributed by atoms with Crippen LogP contribution in [0.25, 0.3) is 28.3 Å².